The molecule has 1 aromatic heterocycles. The van der Waals surface area contributed by atoms with E-state index in [1.54, 1.807) is 7.11 Å². The molecule has 0 unspecified atom stereocenters. The summed E-state index contributed by atoms with van der Waals surface area (Å²) in [4.78, 5) is 6.59. The third-order valence-electron chi connectivity index (χ3n) is 2.57. The van der Waals surface area contributed by atoms with Crippen molar-refractivity contribution < 1.29 is 4.74 Å². The minimum Gasteiger partial charge on any atom is -0.383 e. The van der Waals surface area contributed by atoms with E-state index in [0.717, 1.165) is 24.5 Å². The van der Waals surface area contributed by atoms with Crippen molar-refractivity contribution in [3.8, 4) is 0 Å². The number of hydrogen-bond donors (Lipinski definition) is 1. The van der Waals surface area contributed by atoms with Gasteiger partial charge in [0.05, 0.1) is 6.61 Å². The van der Waals surface area contributed by atoms with Crippen molar-refractivity contribution in [2.24, 2.45) is 5.73 Å². The van der Waals surface area contributed by atoms with Crippen LogP contribution in [0.5, 0.6) is 0 Å². The summed E-state index contributed by atoms with van der Waals surface area (Å²) in [5.41, 5.74) is 6.84. The predicted octanol–water partition coefficient (Wildman–Crippen LogP) is 1.57. The van der Waals surface area contributed by atoms with Crippen LogP contribution in [0.1, 0.15) is 25.5 Å². The highest BCUT2D eigenvalue weighted by molar-refractivity contribution is 5.39. The number of nitrogens with two attached hydrogens (primary N) is 1. The minimum atomic E-state index is 0.0376. The third-order valence-corrected chi connectivity index (χ3v) is 2.57. The highest BCUT2D eigenvalue weighted by Gasteiger charge is 2.06. The summed E-state index contributed by atoms with van der Waals surface area (Å²) < 4.78 is 5.07. The maximum absolute atomic E-state index is 5.78. The van der Waals surface area contributed by atoms with Gasteiger partial charge < -0.3 is 15.4 Å². The first-order valence-corrected chi connectivity index (χ1v) is 5.64. The summed E-state index contributed by atoms with van der Waals surface area (Å²) in [6.45, 7) is 6.56. The van der Waals surface area contributed by atoms with Crippen LogP contribution >= 0.6 is 0 Å². The van der Waals surface area contributed by atoms with E-state index in [9.17, 15) is 0 Å². The highest BCUT2D eigenvalue weighted by atomic mass is 16.5. The van der Waals surface area contributed by atoms with E-state index in [2.05, 4.69) is 16.8 Å². The number of nitrogens with zero attached hydrogens (tertiary/aromatic N) is 2. The first-order valence-electron chi connectivity index (χ1n) is 5.64. The molecule has 1 aromatic rings. The summed E-state index contributed by atoms with van der Waals surface area (Å²) >= 11 is 0. The second-order valence-corrected chi connectivity index (χ2v) is 3.81. The highest BCUT2D eigenvalue weighted by Crippen LogP contribution is 2.14. The van der Waals surface area contributed by atoms with Crippen LogP contribution in [-0.2, 0) is 4.74 Å². The molecule has 0 saturated heterocycles. The molecule has 16 heavy (non-hydrogen) atoms. The molecule has 4 heteroatoms. The minimum absolute atomic E-state index is 0.0376. The molecule has 0 radical (unpaired) electrons. The molecule has 0 fully saturated rings. The van der Waals surface area contributed by atoms with Crippen molar-refractivity contribution in [3.05, 3.63) is 23.9 Å². The third kappa shape index (κ3) is 3.47. The summed E-state index contributed by atoms with van der Waals surface area (Å²) in [6.07, 6.45) is 1.84. The molecule has 4 nitrogen and oxygen atoms in total. The first-order chi connectivity index (χ1) is 7.69. The molecule has 0 aliphatic carbocycles. The predicted molar refractivity (Wildman–Crippen MR) is 66.6 cm³/mol. The van der Waals surface area contributed by atoms with Crippen molar-refractivity contribution in [2.75, 3.05) is 31.7 Å². The zero-order valence-electron chi connectivity index (χ0n) is 10.3. The number of likely N-dealkylation sites (N-methyl/N-ethyl adjacent to an activating group) is 1. The number of pyridine rings is 1. The molecule has 0 amide bonds. The largest absolute Gasteiger partial charge is 0.383 e. The van der Waals surface area contributed by atoms with Gasteiger partial charge in [-0.15, -0.1) is 0 Å². The maximum Gasteiger partial charge on any atom is 0.128 e. The van der Waals surface area contributed by atoms with Crippen LogP contribution in [0.3, 0.4) is 0 Å². The molecule has 0 aliphatic rings. The van der Waals surface area contributed by atoms with Crippen molar-refractivity contribution in [2.45, 2.75) is 19.9 Å². The fourth-order valence-corrected chi connectivity index (χ4v) is 1.49. The lowest BCUT2D eigenvalue weighted by molar-refractivity contribution is 0.205. The van der Waals surface area contributed by atoms with Crippen molar-refractivity contribution in [3.63, 3.8) is 0 Å². The van der Waals surface area contributed by atoms with Gasteiger partial charge in [-0.2, -0.15) is 0 Å². The van der Waals surface area contributed by atoms with E-state index in [1.807, 2.05) is 25.3 Å². The Balaban J connectivity index is 2.70. The van der Waals surface area contributed by atoms with E-state index in [0.29, 0.717) is 6.61 Å². The van der Waals surface area contributed by atoms with Crippen LogP contribution in [0.2, 0.25) is 0 Å². The summed E-state index contributed by atoms with van der Waals surface area (Å²) in [5.74, 6) is 0.976. The summed E-state index contributed by atoms with van der Waals surface area (Å²) in [5, 5.41) is 0. The molecule has 1 rings (SSSR count). The first kappa shape index (κ1) is 12.9. The Morgan fingerprint density at radius 3 is 2.69 bits per heavy atom. The Kier molecular flexibility index (Phi) is 5.22. The lowest BCUT2D eigenvalue weighted by atomic mass is 10.1. The lowest BCUT2D eigenvalue weighted by Crippen LogP contribution is -2.27. The van der Waals surface area contributed by atoms with Crippen molar-refractivity contribution in [1.29, 1.82) is 0 Å². The van der Waals surface area contributed by atoms with Crippen LogP contribution in [0, 0.1) is 0 Å². The Morgan fingerprint density at radius 2 is 2.25 bits per heavy atom. The van der Waals surface area contributed by atoms with Crippen LogP contribution in [0.15, 0.2) is 18.3 Å². The monoisotopic (exact) mass is 223 g/mol. The average Bonchev–Trinajstić information content (AvgIpc) is 2.30. The lowest BCUT2D eigenvalue weighted by Gasteiger charge is -2.21. The van der Waals surface area contributed by atoms with Gasteiger partial charge in [0.25, 0.3) is 0 Å². The Labute approximate surface area is 97.4 Å². The molecule has 2 N–H and O–H groups in total. The van der Waals surface area contributed by atoms with Crippen LogP contribution < -0.4 is 10.6 Å². The number of ether oxygens (including phenoxy) is 1. The van der Waals surface area contributed by atoms with Gasteiger partial charge in [-0.1, -0.05) is 6.07 Å². The summed E-state index contributed by atoms with van der Waals surface area (Å²) in [7, 11) is 1.71. The van der Waals surface area contributed by atoms with Gasteiger partial charge in [-0.05, 0) is 25.5 Å². The molecule has 0 aliphatic heterocycles. The standard InChI is InChI=1S/C12H21N3O/c1-4-15(7-8-16-3)12-6-5-11(9-14-12)10(2)13/h5-6,9-10H,4,7-8,13H2,1-3H3/t10-/m0/s1. The van der Waals surface area contributed by atoms with Gasteiger partial charge in [-0.3, -0.25) is 0 Å². The van der Waals surface area contributed by atoms with Gasteiger partial charge >= 0.3 is 0 Å². The van der Waals surface area contributed by atoms with Crippen LogP contribution in [-0.4, -0.2) is 31.8 Å². The van der Waals surface area contributed by atoms with Gasteiger partial charge in [0, 0.05) is 32.4 Å². The molecule has 0 spiro atoms. The Hall–Kier alpha value is -1.13. The molecule has 0 aromatic carbocycles. The zero-order valence-corrected chi connectivity index (χ0v) is 10.3. The van der Waals surface area contributed by atoms with Gasteiger partial charge in [0.1, 0.15) is 5.82 Å². The number of anilines is 1. The maximum atomic E-state index is 5.78. The van der Waals surface area contributed by atoms with E-state index >= 15 is 0 Å². The second kappa shape index (κ2) is 6.45. The molecule has 90 valence electrons. The quantitative estimate of drug-likeness (QED) is 0.795. The number of hydrogen-bond acceptors (Lipinski definition) is 4. The van der Waals surface area contributed by atoms with Gasteiger partial charge in [0.15, 0.2) is 0 Å². The fourth-order valence-electron chi connectivity index (χ4n) is 1.49. The van der Waals surface area contributed by atoms with E-state index < -0.39 is 0 Å². The topological polar surface area (TPSA) is 51.4 Å². The van der Waals surface area contributed by atoms with E-state index in [1.165, 1.54) is 0 Å². The molecular formula is C12H21N3O. The van der Waals surface area contributed by atoms with E-state index in [-0.39, 0.29) is 6.04 Å². The van der Waals surface area contributed by atoms with Gasteiger partial charge in [0.2, 0.25) is 0 Å². The van der Waals surface area contributed by atoms with Crippen LogP contribution in [0.25, 0.3) is 0 Å². The zero-order chi connectivity index (χ0) is 12.0. The fraction of sp³-hybridized carbons (Fsp3) is 0.583. The second-order valence-electron chi connectivity index (χ2n) is 3.81. The normalized spacial score (nSPS) is 12.5. The molecule has 0 saturated carbocycles. The van der Waals surface area contributed by atoms with Gasteiger partial charge in [-0.25, -0.2) is 4.98 Å². The average molecular weight is 223 g/mol. The Bertz CT molecular complexity index is 298. The molecule has 0 bridgehead atoms. The van der Waals surface area contributed by atoms with Crippen LogP contribution in [0.4, 0.5) is 5.82 Å². The molecular weight excluding hydrogens is 202 g/mol. The Morgan fingerprint density at radius 1 is 1.50 bits per heavy atom. The van der Waals surface area contributed by atoms with Crippen molar-refractivity contribution in [1.82, 2.24) is 4.98 Å². The summed E-state index contributed by atoms with van der Waals surface area (Å²) in [6, 6.07) is 4.08. The van der Waals surface area contributed by atoms with Crippen molar-refractivity contribution >= 4 is 5.82 Å². The molecule has 1 heterocycles. The molecule has 1 atom stereocenters. The van der Waals surface area contributed by atoms with E-state index in [4.69, 9.17) is 10.5 Å². The number of methoxy groups -OCH3 is 1. The smallest absolute Gasteiger partial charge is 0.128 e. The SMILES string of the molecule is CCN(CCOC)c1ccc([C@H](C)N)cn1. The number of aromatic nitrogens is 1. The number of rotatable bonds is 6.